The van der Waals surface area contributed by atoms with Crippen LogP contribution >= 0.6 is 0 Å². The lowest BCUT2D eigenvalue weighted by molar-refractivity contribution is 0.469. The number of pyridine rings is 2. The smallest absolute Gasteiger partial charge is 0.164 e. The first-order chi connectivity index (χ1) is 17.0. The maximum atomic E-state index is 14.1. The molecule has 0 saturated heterocycles. The molecule has 5 heterocycles. The molecule has 172 valence electrons. The SMILES string of the molecule is CC(c1cc2ccccn2c1-c1ccncc1)n1nc(-c2cc(O)cc(F)c2)c2c(N)ncnc21. The second-order valence-electron chi connectivity index (χ2n) is 8.30. The van der Waals surface area contributed by atoms with Crippen LogP contribution in [0.2, 0.25) is 0 Å². The lowest BCUT2D eigenvalue weighted by Gasteiger charge is -2.15. The molecule has 0 aliphatic carbocycles. The van der Waals surface area contributed by atoms with Crippen LogP contribution in [-0.2, 0) is 0 Å². The standard InChI is InChI=1S/C26H20FN7O/c1-15(21-13-19-4-2-3-9-33(19)24(21)16-5-7-29-8-6-16)34-26-22(25(28)30-14-31-26)23(32-34)17-10-18(27)12-20(35)11-17/h2-15,35H,1H3,(H2,28,30,31). The van der Waals surface area contributed by atoms with E-state index in [0.29, 0.717) is 22.3 Å². The Labute approximate surface area is 199 Å². The normalized spacial score (nSPS) is 12.4. The molecule has 0 spiro atoms. The summed E-state index contributed by atoms with van der Waals surface area (Å²) in [5.74, 6) is -0.557. The van der Waals surface area contributed by atoms with Gasteiger partial charge in [0.1, 0.15) is 29.4 Å². The Hall–Kier alpha value is -4.79. The number of anilines is 1. The van der Waals surface area contributed by atoms with Gasteiger partial charge in [0.2, 0.25) is 0 Å². The van der Waals surface area contributed by atoms with Crippen LogP contribution in [0.25, 0.3) is 39.1 Å². The zero-order valence-electron chi connectivity index (χ0n) is 18.7. The number of benzene rings is 1. The van der Waals surface area contributed by atoms with Crippen molar-refractivity contribution in [2.45, 2.75) is 13.0 Å². The fourth-order valence-corrected chi connectivity index (χ4v) is 4.59. The van der Waals surface area contributed by atoms with E-state index in [1.165, 1.54) is 18.5 Å². The van der Waals surface area contributed by atoms with Crippen LogP contribution in [0.5, 0.6) is 5.75 Å². The van der Waals surface area contributed by atoms with Crippen molar-refractivity contribution in [1.82, 2.24) is 29.1 Å². The molecule has 5 aromatic heterocycles. The van der Waals surface area contributed by atoms with E-state index in [4.69, 9.17) is 10.8 Å². The number of rotatable bonds is 4. The number of nitrogen functional groups attached to an aromatic ring is 1. The Kier molecular flexibility index (Phi) is 4.70. The molecule has 0 bridgehead atoms. The van der Waals surface area contributed by atoms with Crippen molar-refractivity contribution in [3.63, 3.8) is 0 Å². The quantitative estimate of drug-likeness (QED) is 0.386. The van der Waals surface area contributed by atoms with Crippen LogP contribution in [0.1, 0.15) is 18.5 Å². The molecule has 0 amide bonds. The highest BCUT2D eigenvalue weighted by Crippen LogP contribution is 2.38. The van der Waals surface area contributed by atoms with E-state index >= 15 is 0 Å². The number of phenolic OH excluding ortho intramolecular Hbond substituents is 1. The van der Waals surface area contributed by atoms with Crippen molar-refractivity contribution in [3.8, 4) is 28.3 Å². The second kappa shape index (κ2) is 7.91. The van der Waals surface area contributed by atoms with Crippen LogP contribution in [0.15, 0.2) is 79.5 Å². The largest absolute Gasteiger partial charge is 0.508 e. The number of nitrogens with zero attached hydrogens (tertiary/aromatic N) is 6. The molecular weight excluding hydrogens is 445 g/mol. The number of phenols is 1. The first-order valence-electron chi connectivity index (χ1n) is 11.0. The topological polar surface area (TPSA) is 107 Å². The third kappa shape index (κ3) is 3.36. The molecule has 9 heteroatoms. The van der Waals surface area contributed by atoms with Gasteiger partial charge in [-0.05, 0) is 49.4 Å². The molecular formula is C26H20FN7O. The summed E-state index contributed by atoms with van der Waals surface area (Å²) in [5, 5.41) is 15.3. The number of hydrogen-bond donors (Lipinski definition) is 2. The predicted molar refractivity (Wildman–Crippen MR) is 131 cm³/mol. The zero-order valence-corrected chi connectivity index (χ0v) is 18.7. The number of fused-ring (bicyclic) bond motifs is 2. The van der Waals surface area contributed by atoms with Crippen molar-refractivity contribution in [3.05, 3.63) is 90.9 Å². The average Bonchev–Trinajstić information content (AvgIpc) is 3.44. The molecule has 35 heavy (non-hydrogen) atoms. The fraction of sp³-hybridized carbons (Fsp3) is 0.0769. The minimum atomic E-state index is -0.579. The molecule has 0 saturated carbocycles. The van der Waals surface area contributed by atoms with E-state index in [1.807, 2.05) is 43.5 Å². The van der Waals surface area contributed by atoms with E-state index in [1.54, 1.807) is 17.1 Å². The van der Waals surface area contributed by atoms with Gasteiger partial charge in [0.25, 0.3) is 0 Å². The summed E-state index contributed by atoms with van der Waals surface area (Å²) in [4.78, 5) is 12.8. The molecule has 8 nitrogen and oxygen atoms in total. The Bertz CT molecular complexity index is 1690. The van der Waals surface area contributed by atoms with Gasteiger partial charge in [-0.3, -0.25) is 4.98 Å². The summed E-state index contributed by atoms with van der Waals surface area (Å²) in [6.07, 6.45) is 6.93. The molecule has 0 aliphatic rings. The first-order valence-corrected chi connectivity index (χ1v) is 11.0. The van der Waals surface area contributed by atoms with Gasteiger partial charge in [-0.2, -0.15) is 5.10 Å². The van der Waals surface area contributed by atoms with Gasteiger partial charge in [0.15, 0.2) is 5.65 Å². The third-order valence-electron chi connectivity index (χ3n) is 6.15. The summed E-state index contributed by atoms with van der Waals surface area (Å²) < 4.78 is 18.0. The van der Waals surface area contributed by atoms with Gasteiger partial charge < -0.3 is 15.2 Å². The van der Waals surface area contributed by atoms with Crippen LogP contribution in [-0.4, -0.2) is 34.2 Å². The van der Waals surface area contributed by atoms with E-state index in [0.717, 1.165) is 28.4 Å². The Morgan fingerprint density at radius 1 is 1.00 bits per heavy atom. The number of nitrogens with two attached hydrogens (primary N) is 1. The summed E-state index contributed by atoms with van der Waals surface area (Å²) in [6.45, 7) is 2.02. The zero-order chi connectivity index (χ0) is 24.1. The van der Waals surface area contributed by atoms with Crippen LogP contribution < -0.4 is 5.73 Å². The second-order valence-corrected chi connectivity index (χ2v) is 8.30. The summed E-state index contributed by atoms with van der Waals surface area (Å²) >= 11 is 0. The Balaban J connectivity index is 1.61. The predicted octanol–water partition coefficient (Wildman–Crippen LogP) is 4.84. The highest BCUT2D eigenvalue weighted by Gasteiger charge is 2.25. The molecule has 0 aliphatic heterocycles. The molecule has 1 atom stereocenters. The lowest BCUT2D eigenvalue weighted by atomic mass is 10.0. The van der Waals surface area contributed by atoms with Gasteiger partial charge in [-0.1, -0.05) is 6.07 Å². The molecule has 6 aromatic rings. The number of aromatic hydroxyl groups is 1. The summed E-state index contributed by atoms with van der Waals surface area (Å²) in [6, 6.07) is 15.6. The van der Waals surface area contributed by atoms with Crippen LogP contribution in [0.3, 0.4) is 0 Å². The van der Waals surface area contributed by atoms with Crippen molar-refractivity contribution in [2.24, 2.45) is 0 Å². The monoisotopic (exact) mass is 465 g/mol. The highest BCUT2D eigenvalue weighted by atomic mass is 19.1. The van der Waals surface area contributed by atoms with Gasteiger partial charge >= 0.3 is 0 Å². The Morgan fingerprint density at radius 2 is 1.83 bits per heavy atom. The minimum Gasteiger partial charge on any atom is -0.508 e. The number of halogens is 1. The Morgan fingerprint density at radius 3 is 2.63 bits per heavy atom. The van der Waals surface area contributed by atoms with Crippen LogP contribution in [0.4, 0.5) is 10.2 Å². The number of aromatic nitrogens is 6. The first kappa shape index (κ1) is 20.8. The van der Waals surface area contributed by atoms with E-state index in [9.17, 15) is 9.50 Å². The molecule has 1 unspecified atom stereocenters. The van der Waals surface area contributed by atoms with Crippen molar-refractivity contribution in [1.29, 1.82) is 0 Å². The van der Waals surface area contributed by atoms with Gasteiger partial charge in [-0.25, -0.2) is 19.0 Å². The molecule has 0 fully saturated rings. The van der Waals surface area contributed by atoms with E-state index in [-0.39, 0.29) is 17.6 Å². The van der Waals surface area contributed by atoms with Crippen molar-refractivity contribution in [2.75, 3.05) is 5.73 Å². The maximum absolute atomic E-state index is 14.1. The average molecular weight is 465 g/mol. The summed E-state index contributed by atoms with van der Waals surface area (Å²) in [5.41, 5.74) is 11.6. The lowest BCUT2D eigenvalue weighted by Crippen LogP contribution is -2.10. The molecule has 0 radical (unpaired) electrons. The van der Waals surface area contributed by atoms with Gasteiger partial charge in [-0.15, -0.1) is 0 Å². The molecule has 1 aromatic carbocycles. The van der Waals surface area contributed by atoms with E-state index in [2.05, 4.69) is 25.4 Å². The number of hydrogen-bond acceptors (Lipinski definition) is 6. The fourth-order valence-electron chi connectivity index (χ4n) is 4.59. The van der Waals surface area contributed by atoms with Gasteiger partial charge in [0, 0.05) is 46.9 Å². The summed E-state index contributed by atoms with van der Waals surface area (Å²) in [7, 11) is 0. The van der Waals surface area contributed by atoms with E-state index < -0.39 is 5.82 Å². The maximum Gasteiger partial charge on any atom is 0.164 e. The molecule has 3 N–H and O–H groups in total. The van der Waals surface area contributed by atoms with Crippen LogP contribution in [0, 0.1) is 5.82 Å². The van der Waals surface area contributed by atoms with Crippen molar-refractivity contribution >= 4 is 22.4 Å². The third-order valence-corrected chi connectivity index (χ3v) is 6.15. The minimum absolute atomic E-state index is 0.204. The van der Waals surface area contributed by atoms with Crippen molar-refractivity contribution < 1.29 is 9.50 Å². The van der Waals surface area contributed by atoms with Gasteiger partial charge in [0.05, 0.1) is 17.1 Å². The molecule has 6 rings (SSSR count). The highest BCUT2D eigenvalue weighted by molar-refractivity contribution is 5.98.